The van der Waals surface area contributed by atoms with Gasteiger partial charge in [0, 0.05) is 10.3 Å². The van der Waals surface area contributed by atoms with Gasteiger partial charge in [0.2, 0.25) is 0 Å². The Balaban J connectivity index is 2.09. The number of halogens is 1. The normalized spacial score (nSPS) is 12.7. The highest BCUT2D eigenvalue weighted by Gasteiger charge is 2.19. The van der Waals surface area contributed by atoms with Crippen LogP contribution in [0.1, 0.15) is 30.5 Å². The van der Waals surface area contributed by atoms with Crippen LogP contribution in [-0.2, 0) is 0 Å². The highest BCUT2D eigenvalue weighted by molar-refractivity contribution is 7.17. The Labute approximate surface area is 128 Å². The number of nitrogens with one attached hydrogen (secondary N) is 1. The summed E-state index contributed by atoms with van der Waals surface area (Å²) in [5.41, 5.74) is 1.88. The van der Waals surface area contributed by atoms with E-state index >= 15 is 0 Å². The van der Waals surface area contributed by atoms with E-state index in [1.165, 1.54) is 16.2 Å². The van der Waals surface area contributed by atoms with E-state index in [1.807, 2.05) is 24.3 Å². The maximum atomic E-state index is 14.2. The Bertz CT molecular complexity index is 735. The molecule has 1 nitrogen and oxygen atoms in total. The quantitative estimate of drug-likeness (QED) is 0.688. The first-order valence-corrected chi connectivity index (χ1v) is 8.13. The van der Waals surface area contributed by atoms with E-state index in [4.69, 9.17) is 0 Å². The number of hydrogen-bond acceptors (Lipinski definition) is 2. The molecule has 108 valence electrons. The molecule has 0 amide bonds. The molecule has 3 heteroatoms. The highest BCUT2D eigenvalue weighted by Crippen LogP contribution is 2.34. The Hall–Kier alpha value is -1.71. The summed E-state index contributed by atoms with van der Waals surface area (Å²) in [5, 5.41) is 6.84. The van der Waals surface area contributed by atoms with Crippen molar-refractivity contribution < 1.29 is 4.39 Å². The van der Waals surface area contributed by atoms with Gasteiger partial charge in [-0.2, -0.15) is 0 Å². The van der Waals surface area contributed by atoms with Crippen LogP contribution in [0.15, 0.2) is 53.9 Å². The van der Waals surface area contributed by atoms with Crippen LogP contribution in [0.5, 0.6) is 0 Å². The maximum absolute atomic E-state index is 14.2. The molecule has 0 fully saturated rings. The molecular formula is C18H18FNS. The van der Waals surface area contributed by atoms with Gasteiger partial charge in [-0.05, 0) is 41.4 Å². The van der Waals surface area contributed by atoms with Crippen LogP contribution < -0.4 is 5.32 Å². The van der Waals surface area contributed by atoms with Gasteiger partial charge in [0.25, 0.3) is 0 Å². The summed E-state index contributed by atoms with van der Waals surface area (Å²) in [7, 11) is 0. The molecule has 1 N–H and O–H groups in total. The summed E-state index contributed by atoms with van der Waals surface area (Å²) in [6.45, 7) is 2.99. The number of hydrogen-bond donors (Lipinski definition) is 1. The molecule has 0 radical (unpaired) electrons. The molecule has 21 heavy (non-hydrogen) atoms. The predicted molar refractivity (Wildman–Crippen MR) is 88.4 cm³/mol. The van der Waals surface area contributed by atoms with Crippen molar-refractivity contribution in [1.82, 2.24) is 5.32 Å². The van der Waals surface area contributed by atoms with Crippen molar-refractivity contribution in [3.63, 3.8) is 0 Å². The van der Waals surface area contributed by atoms with E-state index in [0.29, 0.717) is 0 Å². The van der Waals surface area contributed by atoms with E-state index < -0.39 is 0 Å². The van der Waals surface area contributed by atoms with E-state index in [9.17, 15) is 4.39 Å². The minimum atomic E-state index is -0.151. The molecule has 0 bridgehead atoms. The van der Waals surface area contributed by atoms with Crippen molar-refractivity contribution in [2.24, 2.45) is 0 Å². The molecule has 1 unspecified atom stereocenters. The predicted octanol–water partition coefficient (Wildman–Crippen LogP) is 5.13. The topological polar surface area (TPSA) is 12.0 Å². The second kappa shape index (κ2) is 6.37. The molecule has 1 heterocycles. The van der Waals surface area contributed by atoms with E-state index in [2.05, 4.69) is 29.8 Å². The summed E-state index contributed by atoms with van der Waals surface area (Å²) in [4.78, 5) is 0. The second-order valence-electron chi connectivity index (χ2n) is 5.10. The fourth-order valence-electron chi connectivity index (χ4n) is 2.61. The first-order valence-electron chi connectivity index (χ1n) is 7.25. The molecule has 1 aromatic heterocycles. The van der Waals surface area contributed by atoms with Gasteiger partial charge in [0.1, 0.15) is 5.82 Å². The zero-order valence-electron chi connectivity index (χ0n) is 12.0. The van der Waals surface area contributed by atoms with Gasteiger partial charge in [-0.25, -0.2) is 4.39 Å². The molecule has 0 spiro atoms. The molecule has 0 aliphatic rings. The first kappa shape index (κ1) is 14.2. The van der Waals surface area contributed by atoms with E-state index in [-0.39, 0.29) is 11.9 Å². The van der Waals surface area contributed by atoms with Gasteiger partial charge in [0.15, 0.2) is 0 Å². The molecule has 0 aliphatic heterocycles. The fourth-order valence-corrected chi connectivity index (χ4v) is 3.59. The molecule has 2 aromatic carbocycles. The summed E-state index contributed by atoms with van der Waals surface area (Å²) in [6.07, 6.45) is 1.02. The van der Waals surface area contributed by atoms with Gasteiger partial charge in [-0.15, -0.1) is 11.3 Å². The Kier molecular flexibility index (Phi) is 4.32. The number of benzene rings is 2. The van der Waals surface area contributed by atoms with Crippen molar-refractivity contribution in [2.75, 3.05) is 6.54 Å². The molecule has 0 saturated carbocycles. The monoisotopic (exact) mass is 299 g/mol. The summed E-state index contributed by atoms with van der Waals surface area (Å²) in [6, 6.07) is 15.2. The van der Waals surface area contributed by atoms with E-state index in [0.717, 1.165) is 24.1 Å². The van der Waals surface area contributed by atoms with Crippen LogP contribution in [0.4, 0.5) is 4.39 Å². The maximum Gasteiger partial charge on any atom is 0.128 e. The zero-order valence-corrected chi connectivity index (χ0v) is 12.8. The molecule has 0 aliphatic carbocycles. The molecular weight excluding hydrogens is 281 g/mol. The highest BCUT2D eigenvalue weighted by atomic mass is 32.1. The average molecular weight is 299 g/mol. The van der Waals surface area contributed by atoms with Crippen molar-refractivity contribution in [3.8, 4) is 0 Å². The van der Waals surface area contributed by atoms with Gasteiger partial charge in [-0.3, -0.25) is 0 Å². The lowest BCUT2D eigenvalue weighted by Gasteiger charge is -2.19. The summed E-state index contributed by atoms with van der Waals surface area (Å²) in [5.74, 6) is -0.151. The summed E-state index contributed by atoms with van der Waals surface area (Å²) >= 11 is 1.71. The van der Waals surface area contributed by atoms with Gasteiger partial charge in [0.05, 0.1) is 6.04 Å². The van der Waals surface area contributed by atoms with Crippen molar-refractivity contribution in [2.45, 2.75) is 19.4 Å². The molecule has 0 saturated heterocycles. The Morgan fingerprint density at radius 3 is 2.62 bits per heavy atom. The minimum absolute atomic E-state index is 0.0951. The molecule has 3 rings (SSSR count). The largest absolute Gasteiger partial charge is 0.306 e. The van der Waals surface area contributed by atoms with Crippen LogP contribution in [0.3, 0.4) is 0 Å². The fraction of sp³-hybridized carbons (Fsp3) is 0.222. The van der Waals surface area contributed by atoms with E-state index in [1.54, 1.807) is 17.4 Å². The van der Waals surface area contributed by atoms with Crippen molar-refractivity contribution >= 4 is 21.4 Å². The SMILES string of the molecule is CCCNC(c1ccccc1F)c1csc2ccccc12. The Morgan fingerprint density at radius 2 is 1.81 bits per heavy atom. The second-order valence-corrected chi connectivity index (χ2v) is 6.01. The lowest BCUT2D eigenvalue weighted by Crippen LogP contribution is -2.23. The zero-order chi connectivity index (χ0) is 14.7. The van der Waals surface area contributed by atoms with Gasteiger partial charge < -0.3 is 5.32 Å². The van der Waals surface area contributed by atoms with Crippen LogP contribution in [0.2, 0.25) is 0 Å². The van der Waals surface area contributed by atoms with Crippen LogP contribution >= 0.6 is 11.3 Å². The number of rotatable bonds is 5. The van der Waals surface area contributed by atoms with Crippen LogP contribution in [-0.4, -0.2) is 6.54 Å². The lowest BCUT2D eigenvalue weighted by molar-refractivity contribution is 0.549. The van der Waals surface area contributed by atoms with Crippen LogP contribution in [0.25, 0.3) is 10.1 Å². The average Bonchev–Trinajstić information content (AvgIpc) is 2.93. The number of fused-ring (bicyclic) bond motifs is 1. The standard InChI is InChI=1S/C18H18FNS/c1-2-11-20-18(14-8-3-5-9-16(14)19)15-12-21-17-10-6-4-7-13(15)17/h3-10,12,18,20H,2,11H2,1H3. The molecule has 3 aromatic rings. The van der Waals surface area contributed by atoms with Crippen molar-refractivity contribution in [1.29, 1.82) is 0 Å². The smallest absolute Gasteiger partial charge is 0.128 e. The third-order valence-electron chi connectivity index (χ3n) is 3.64. The molecule has 1 atom stereocenters. The van der Waals surface area contributed by atoms with Crippen LogP contribution in [0, 0.1) is 5.82 Å². The third-order valence-corrected chi connectivity index (χ3v) is 4.62. The van der Waals surface area contributed by atoms with Crippen molar-refractivity contribution in [3.05, 3.63) is 70.9 Å². The first-order chi connectivity index (χ1) is 10.3. The summed E-state index contributed by atoms with van der Waals surface area (Å²) < 4.78 is 15.5. The number of thiophene rings is 1. The lowest BCUT2D eigenvalue weighted by atomic mass is 9.97. The van der Waals surface area contributed by atoms with Gasteiger partial charge in [-0.1, -0.05) is 43.3 Å². The van der Waals surface area contributed by atoms with Gasteiger partial charge >= 0.3 is 0 Å². The minimum Gasteiger partial charge on any atom is -0.306 e. The Morgan fingerprint density at radius 1 is 1.05 bits per heavy atom. The third kappa shape index (κ3) is 2.85.